The van der Waals surface area contributed by atoms with Gasteiger partial charge < -0.3 is 10.2 Å². The number of fused-ring (bicyclic) bond motifs is 5. The third-order valence-corrected chi connectivity index (χ3v) is 5.07. The van der Waals surface area contributed by atoms with E-state index in [2.05, 4.69) is 40.1 Å². The molecular weight excluding hydrogens is 338 g/mol. The molecule has 7 nitrogen and oxygen atoms in total. The maximum atomic E-state index is 9.57. The van der Waals surface area contributed by atoms with Crippen LogP contribution in [0.1, 0.15) is 19.4 Å². The molecule has 4 aromatic rings. The van der Waals surface area contributed by atoms with E-state index in [0.29, 0.717) is 28.8 Å². The summed E-state index contributed by atoms with van der Waals surface area (Å²) in [7, 11) is 0. The van der Waals surface area contributed by atoms with Gasteiger partial charge in [-0.2, -0.15) is 5.26 Å². The van der Waals surface area contributed by atoms with Crippen LogP contribution in [0.4, 0.5) is 5.82 Å². The monoisotopic (exact) mass is 357 g/mol. The lowest BCUT2D eigenvalue weighted by Gasteiger charge is -2.36. The first-order valence-electron chi connectivity index (χ1n) is 9.12. The van der Waals surface area contributed by atoms with Gasteiger partial charge in [-0.1, -0.05) is 12.1 Å². The predicted octanol–water partition coefficient (Wildman–Crippen LogP) is 2.49. The summed E-state index contributed by atoms with van der Waals surface area (Å²) in [5.74, 6) is 0.853. The van der Waals surface area contributed by atoms with Gasteiger partial charge in [-0.3, -0.25) is 4.40 Å². The van der Waals surface area contributed by atoms with Crippen LogP contribution >= 0.6 is 0 Å². The lowest BCUT2D eigenvalue weighted by Crippen LogP contribution is -2.54. The third kappa shape index (κ3) is 2.49. The van der Waals surface area contributed by atoms with Crippen LogP contribution in [-0.4, -0.2) is 44.5 Å². The van der Waals surface area contributed by atoms with E-state index in [9.17, 15) is 5.26 Å². The number of aromatic nitrogens is 4. The molecule has 134 valence electrons. The fourth-order valence-electron chi connectivity index (χ4n) is 4.02. The van der Waals surface area contributed by atoms with Gasteiger partial charge in [0, 0.05) is 25.2 Å². The van der Waals surface area contributed by atoms with E-state index in [1.165, 1.54) is 0 Å². The first-order valence-corrected chi connectivity index (χ1v) is 9.12. The maximum absolute atomic E-state index is 9.57. The molecule has 1 N–H and O–H groups in total. The van der Waals surface area contributed by atoms with Gasteiger partial charge in [0.2, 0.25) is 0 Å². The minimum atomic E-state index is 0.390. The van der Waals surface area contributed by atoms with Gasteiger partial charge in [-0.05, 0) is 32.0 Å². The van der Waals surface area contributed by atoms with Crippen molar-refractivity contribution in [3.8, 4) is 6.07 Å². The van der Waals surface area contributed by atoms with Crippen LogP contribution in [0.25, 0.3) is 27.8 Å². The molecule has 3 aromatic heterocycles. The molecular formula is C20H19N7. The lowest BCUT2D eigenvalue weighted by molar-refractivity contribution is 0.405. The van der Waals surface area contributed by atoms with E-state index in [0.717, 1.165) is 35.6 Å². The highest BCUT2D eigenvalue weighted by molar-refractivity contribution is 5.90. The Balaban J connectivity index is 1.79. The summed E-state index contributed by atoms with van der Waals surface area (Å²) in [4.78, 5) is 16.5. The minimum absolute atomic E-state index is 0.390. The number of piperazine rings is 1. The zero-order valence-electron chi connectivity index (χ0n) is 15.2. The van der Waals surface area contributed by atoms with Crippen LogP contribution in [-0.2, 0) is 0 Å². The quantitative estimate of drug-likeness (QED) is 0.564. The Bertz CT molecular complexity index is 1210. The first-order chi connectivity index (χ1) is 13.1. The largest absolute Gasteiger partial charge is 0.352 e. The first kappa shape index (κ1) is 16.0. The second kappa shape index (κ2) is 5.89. The Morgan fingerprint density at radius 1 is 1.07 bits per heavy atom. The lowest BCUT2D eigenvalue weighted by atomic mass is 10.1. The van der Waals surface area contributed by atoms with Crippen molar-refractivity contribution >= 4 is 33.7 Å². The van der Waals surface area contributed by atoms with E-state index >= 15 is 0 Å². The average molecular weight is 357 g/mol. The second-order valence-corrected chi connectivity index (χ2v) is 7.24. The van der Waals surface area contributed by atoms with Gasteiger partial charge in [0.25, 0.3) is 0 Å². The number of rotatable bonds is 1. The molecule has 7 heteroatoms. The summed E-state index contributed by atoms with van der Waals surface area (Å²) < 4.78 is 1.95. The molecule has 1 fully saturated rings. The van der Waals surface area contributed by atoms with Crippen molar-refractivity contribution in [2.45, 2.75) is 25.9 Å². The average Bonchev–Trinajstić information content (AvgIpc) is 3.06. The summed E-state index contributed by atoms with van der Waals surface area (Å²) in [5, 5.41) is 13.1. The van der Waals surface area contributed by atoms with Crippen molar-refractivity contribution in [3.05, 3.63) is 42.1 Å². The van der Waals surface area contributed by atoms with Crippen LogP contribution in [0, 0.1) is 11.3 Å². The molecule has 4 heterocycles. The number of imidazole rings is 1. The number of para-hydroxylation sites is 2. The Labute approximate surface area is 156 Å². The zero-order valence-corrected chi connectivity index (χ0v) is 15.2. The molecule has 1 saturated heterocycles. The van der Waals surface area contributed by atoms with Crippen molar-refractivity contribution < 1.29 is 0 Å². The fourth-order valence-corrected chi connectivity index (χ4v) is 4.02. The molecule has 0 radical (unpaired) electrons. The molecule has 1 aromatic carbocycles. The van der Waals surface area contributed by atoms with Gasteiger partial charge in [0.15, 0.2) is 11.3 Å². The van der Waals surface area contributed by atoms with Gasteiger partial charge in [-0.25, -0.2) is 15.0 Å². The number of nitrogens with zero attached hydrogens (tertiary/aromatic N) is 6. The molecule has 2 atom stereocenters. The summed E-state index contributed by atoms with van der Waals surface area (Å²) in [6, 6.07) is 12.7. The standard InChI is InChI=1S/C20H19N7/c1-12-10-26(11-13(2)23-12)18-9-22-16-7-14(8-21)19-24-15-5-3-4-6-17(15)27(19)20(16)25-18/h3-7,9,12-13,23H,10-11H2,1-2H3/t12-,13+. The normalized spacial score (nSPS) is 20.4. The molecule has 0 unspecified atom stereocenters. The number of anilines is 1. The molecule has 27 heavy (non-hydrogen) atoms. The zero-order chi connectivity index (χ0) is 18.5. The Morgan fingerprint density at radius 2 is 1.85 bits per heavy atom. The number of hydrogen-bond donors (Lipinski definition) is 1. The molecule has 0 bridgehead atoms. The number of benzene rings is 1. The van der Waals surface area contributed by atoms with Crippen LogP contribution < -0.4 is 10.2 Å². The highest BCUT2D eigenvalue weighted by Gasteiger charge is 2.23. The molecule has 0 aliphatic carbocycles. The molecule has 0 spiro atoms. The highest BCUT2D eigenvalue weighted by atomic mass is 15.3. The van der Waals surface area contributed by atoms with Crippen molar-refractivity contribution in [1.29, 1.82) is 5.26 Å². The van der Waals surface area contributed by atoms with Crippen molar-refractivity contribution in [1.82, 2.24) is 24.7 Å². The summed E-state index contributed by atoms with van der Waals surface area (Å²) >= 11 is 0. The Kier molecular flexibility index (Phi) is 3.49. The molecule has 0 saturated carbocycles. The summed E-state index contributed by atoms with van der Waals surface area (Å²) in [6.07, 6.45) is 1.80. The fraction of sp³-hybridized carbons (Fsp3) is 0.300. The number of nitrogens with one attached hydrogen (secondary N) is 1. The van der Waals surface area contributed by atoms with E-state index in [-0.39, 0.29) is 0 Å². The highest BCUT2D eigenvalue weighted by Crippen LogP contribution is 2.26. The Morgan fingerprint density at radius 3 is 2.63 bits per heavy atom. The van der Waals surface area contributed by atoms with Crippen LogP contribution in [0.15, 0.2) is 36.5 Å². The third-order valence-electron chi connectivity index (χ3n) is 5.07. The van der Waals surface area contributed by atoms with E-state index < -0.39 is 0 Å². The summed E-state index contributed by atoms with van der Waals surface area (Å²) in [5.41, 5.74) is 4.34. The van der Waals surface area contributed by atoms with Gasteiger partial charge >= 0.3 is 0 Å². The van der Waals surface area contributed by atoms with Crippen LogP contribution in [0.3, 0.4) is 0 Å². The van der Waals surface area contributed by atoms with Crippen LogP contribution in [0.2, 0.25) is 0 Å². The molecule has 1 aliphatic rings. The van der Waals surface area contributed by atoms with Crippen molar-refractivity contribution in [2.24, 2.45) is 0 Å². The smallest absolute Gasteiger partial charge is 0.167 e. The number of hydrogen-bond acceptors (Lipinski definition) is 6. The molecule has 1 aliphatic heterocycles. The minimum Gasteiger partial charge on any atom is -0.352 e. The topological polar surface area (TPSA) is 82.1 Å². The van der Waals surface area contributed by atoms with Gasteiger partial charge in [0.1, 0.15) is 17.4 Å². The molecule has 5 rings (SSSR count). The second-order valence-electron chi connectivity index (χ2n) is 7.24. The SMILES string of the molecule is C[C@@H]1CN(c2cnc3cc(C#N)c4nc5ccccc5n4c3n2)C[C@H](C)N1. The van der Waals surface area contributed by atoms with Crippen molar-refractivity contribution in [2.75, 3.05) is 18.0 Å². The predicted molar refractivity (Wildman–Crippen MR) is 105 cm³/mol. The van der Waals surface area contributed by atoms with E-state index in [4.69, 9.17) is 4.98 Å². The summed E-state index contributed by atoms with van der Waals surface area (Å²) in [6.45, 7) is 6.12. The van der Waals surface area contributed by atoms with Gasteiger partial charge in [0.05, 0.1) is 22.8 Å². The maximum Gasteiger partial charge on any atom is 0.167 e. The van der Waals surface area contributed by atoms with Gasteiger partial charge in [-0.15, -0.1) is 0 Å². The van der Waals surface area contributed by atoms with E-state index in [1.54, 1.807) is 12.3 Å². The Hall–Kier alpha value is -3.24. The van der Waals surface area contributed by atoms with Crippen LogP contribution in [0.5, 0.6) is 0 Å². The molecule has 0 amide bonds. The number of nitriles is 1. The van der Waals surface area contributed by atoms with E-state index in [1.807, 2.05) is 28.7 Å². The van der Waals surface area contributed by atoms with Crippen molar-refractivity contribution in [3.63, 3.8) is 0 Å². The number of pyridine rings is 1.